The van der Waals surface area contributed by atoms with Crippen LogP contribution in [-0.2, 0) is 16.2 Å². The van der Waals surface area contributed by atoms with Crippen LogP contribution in [0.5, 0.6) is 23.0 Å². The van der Waals surface area contributed by atoms with Crippen LogP contribution in [0, 0.1) is 0 Å². The smallest absolute Gasteiger partial charge is 0.136 e. The van der Waals surface area contributed by atoms with E-state index in [0.717, 1.165) is 129 Å². The Balaban J connectivity index is 0.000000102. The van der Waals surface area contributed by atoms with E-state index in [0.29, 0.717) is 0 Å². The standard InChI is InChI=1S/C43H27NO2.2C43H27NOS/c1-4-14-34-31(10-1)32-11-2-5-15-35(32)43(34)36-16-6-8-18-39(36)46-40-25-24-29(26-37(40)43)44-28-22-20-27(21-23-28)30-13-9-19-41-42(30)33-12-3-7-17-38(33)45-41;1-5-17-33-28(12-1)29-13-2-6-18-34(29)43(33)35-19-7-10-23-40(35)46-41-25-24-27(26-36(41)43)44-37-20-8-3-14-30(37)31-16-11-22-39-42(31)32-15-4-9-21-38(32)45-39;1-4-17-34-31(13-1)32-14-2-5-18-35(32)43(34)36-19-6-7-20-38(36)45-39-24-23-29(26-37(39)43)44-28-12-9-11-27(25-28)30-16-10-22-41-42(30)33-15-3-8-21-40(33)46-41/h3*1-26,44H. The van der Waals surface area contributed by atoms with E-state index in [1.54, 1.807) is 0 Å². The van der Waals surface area contributed by atoms with Gasteiger partial charge >= 0.3 is 0 Å². The number of nitrogens with one attached hydrogen (secondary N) is 3. The van der Waals surface area contributed by atoms with Crippen molar-refractivity contribution < 1.29 is 18.3 Å². The predicted octanol–water partition coefficient (Wildman–Crippen LogP) is 35.2. The second-order valence-corrected chi connectivity index (χ2v) is 38.5. The van der Waals surface area contributed by atoms with Crippen molar-refractivity contribution in [3.8, 4) is 89.8 Å². The van der Waals surface area contributed by atoms with Crippen LogP contribution in [0.2, 0.25) is 0 Å². The Hall–Kier alpha value is -17.2. The summed E-state index contributed by atoms with van der Waals surface area (Å²) in [6.07, 6.45) is 0. The lowest BCUT2D eigenvalue weighted by Crippen LogP contribution is -2.32. The van der Waals surface area contributed by atoms with Gasteiger partial charge in [0.2, 0.25) is 0 Å². The molecule has 0 saturated heterocycles. The number of ether oxygens (including phenoxy) is 2. The Kier molecular flexibility index (Phi) is 18.1. The molecule has 648 valence electrons. The third kappa shape index (κ3) is 12.0. The van der Waals surface area contributed by atoms with E-state index in [1.807, 2.05) is 53.4 Å². The summed E-state index contributed by atoms with van der Waals surface area (Å²) >= 11 is 3.73. The second kappa shape index (κ2) is 31.5. The first-order chi connectivity index (χ1) is 68.4. The highest BCUT2D eigenvalue weighted by atomic mass is 32.2. The van der Waals surface area contributed by atoms with E-state index < -0.39 is 16.2 Å². The van der Waals surface area contributed by atoms with E-state index in [4.69, 9.17) is 18.3 Å². The summed E-state index contributed by atoms with van der Waals surface area (Å²) in [5, 5.41) is 18.5. The molecule has 7 nitrogen and oxygen atoms in total. The van der Waals surface area contributed by atoms with Gasteiger partial charge in [0.1, 0.15) is 45.3 Å². The third-order valence-corrected chi connectivity index (χ3v) is 31.5. The van der Waals surface area contributed by atoms with Crippen molar-refractivity contribution in [2.24, 2.45) is 0 Å². The zero-order chi connectivity index (χ0) is 90.7. The average molecular weight is 1800 g/mol. The first-order valence-electron chi connectivity index (χ1n) is 47.0. The van der Waals surface area contributed by atoms with Gasteiger partial charge in [-0.1, -0.05) is 345 Å². The van der Waals surface area contributed by atoms with Crippen LogP contribution in [0.15, 0.2) is 492 Å². The Labute approximate surface area is 805 Å². The molecule has 6 heterocycles. The van der Waals surface area contributed by atoms with Crippen LogP contribution in [-0.4, -0.2) is 0 Å². The van der Waals surface area contributed by atoms with Gasteiger partial charge in [-0.25, -0.2) is 0 Å². The molecule has 3 spiro atoms. The molecule has 0 atom stereocenters. The molecule has 3 N–H and O–H groups in total. The second-order valence-electron chi connectivity index (χ2n) is 36.4. The van der Waals surface area contributed by atoms with Crippen molar-refractivity contribution in [2.45, 2.75) is 26.0 Å². The van der Waals surface area contributed by atoms with Crippen molar-refractivity contribution in [1.29, 1.82) is 0 Å². The fourth-order valence-electron chi connectivity index (χ4n) is 23.6. The van der Waals surface area contributed by atoms with E-state index >= 15 is 0 Å². The third-order valence-electron chi connectivity index (χ3n) is 29.2. The van der Waals surface area contributed by atoms with Crippen LogP contribution in [0.25, 0.3) is 131 Å². The Bertz CT molecular complexity index is 9040. The molecule has 30 rings (SSSR count). The first kappa shape index (κ1) is 79.4. The molecule has 138 heavy (non-hydrogen) atoms. The van der Waals surface area contributed by atoms with Crippen molar-refractivity contribution in [2.75, 3.05) is 16.0 Å². The fraction of sp³-hybridized carbons (Fsp3) is 0.0233. The number of thiophene rings is 1. The van der Waals surface area contributed by atoms with Crippen molar-refractivity contribution >= 4 is 121 Å². The van der Waals surface area contributed by atoms with Crippen LogP contribution < -0.4 is 25.4 Å². The summed E-state index contributed by atoms with van der Waals surface area (Å²) in [5.74, 6) is 3.58. The molecule has 0 unspecified atom stereocenters. The number of furan rings is 2. The summed E-state index contributed by atoms with van der Waals surface area (Å²) in [7, 11) is 0. The van der Waals surface area contributed by atoms with Crippen LogP contribution in [0.3, 0.4) is 0 Å². The van der Waals surface area contributed by atoms with E-state index in [1.165, 1.54) is 136 Å². The SMILES string of the molecule is c1cc(Nc2ccc3c(c2)C2(c4ccccc4O3)c3ccccc3-c3ccccc32)cc(-c2cccc3sc4ccccc4c23)c1.c1ccc(-c2cccc3oc4ccccc4c23)c(Nc2ccc3c(c2)C2(c4ccccc4S3)c3ccccc3-c3ccccc32)c1.c1ccc2c(c1)Oc1ccc(Nc3ccc(-c4cccc5oc6ccccc6c45)cc3)cc1C21c2ccccc2-c2ccccc21. The minimum absolute atomic E-state index is 0.400. The molecule has 3 aliphatic carbocycles. The quantitative estimate of drug-likeness (QED) is 0.132. The molecule has 0 saturated carbocycles. The molecule has 24 aromatic rings. The van der Waals surface area contributed by atoms with Gasteiger partial charge in [0.25, 0.3) is 0 Å². The molecular formula is C129H81N3O4S2. The van der Waals surface area contributed by atoms with E-state index in [-0.39, 0.29) is 0 Å². The zero-order valence-corrected chi connectivity index (χ0v) is 76.1. The van der Waals surface area contributed by atoms with Crippen LogP contribution in [0.1, 0.15) is 66.8 Å². The lowest BCUT2D eigenvalue weighted by Gasteiger charge is -2.40. The highest BCUT2D eigenvalue weighted by Gasteiger charge is 2.54. The molecule has 3 aliphatic heterocycles. The first-order valence-corrected chi connectivity index (χ1v) is 48.7. The molecule has 0 radical (unpaired) electrons. The zero-order valence-electron chi connectivity index (χ0n) is 74.5. The molecule has 0 bridgehead atoms. The molecule has 6 aliphatic rings. The lowest BCUT2D eigenvalue weighted by atomic mass is 9.66. The minimum Gasteiger partial charge on any atom is -0.457 e. The number of para-hydroxylation sites is 5. The Morgan fingerprint density at radius 3 is 1.10 bits per heavy atom. The van der Waals surface area contributed by atoms with Crippen LogP contribution >= 0.6 is 23.1 Å². The van der Waals surface area contributed by atoms with Gasteiger partial charge in [-0.15, -0.1) is 11.3 Å². The number of hydrogen-bond donors (Lipinski definition) is 3. The number of fused-ring (bicyclic) bond motifs is 36. The highest BCUT2D eigenvalue weighted by molar-refractivity contribution is 7.99. The molecule has 9 heteroatoms. The predicted molar refractivity (Wildman–Crippen MR) is 568 cm³/mol. The summed E-state index contributed by atoms with van der Waals surface area (Å²) < 4.78 is 28.2. The molecular weight excluding hydrogens is 1720 g/mol. The van der Waals surface area contributed by atoms with E-state index in [2.05, 4.69) is 459 Å². The summed E-state index contributed by atoms with van der Waals surface area (Å²) in [6.45, 7) is 0. The summed E-state index contributed by atoms with van der Waals surface area (Å²) in [4.78, 5) is 2.60. The minimum atomic E-state index is -0.481. The number of benzene rings is 21. The highest BCUT2D eigenvalue weighted by Crippen LogP contribution is 2.67. The number of hydrogen-bond acceptors (Lipinski definition) is 9. The van der Waals surface area contributed by atoms with Gasteiger partial charge in [0, 0.05) is 113 Å². The molecule has 21 aromatic carbocycles. The van der Waals surface area contributed by atoms with Gasteiger partial charge in [-0.3, -0.25) is 0 Å². The monoisotopic (exact) mass is 1800 g/mol. The van der Waals surface area contributed by atoms with E-state index in [9.17, 15) is 0 Å². The molecule has 0 amide bonds. The van der Waals surface area contributed by atoms with Gasteiger partial charge in [-0.2, -0.15) is 0 Å². The van der Waals surface area contributed by atoms with Crippen molar-refractivity contribution in [3.05, 3.63) is 540 Å². The van der Waals surface area contributed by atoms with Crippen molar-refractivity contribution in [1.82, 2.24) is 0 Å². The van der Waals surface area contributed by atoms with Gasteiger partial charge in [0.15, 0.2) is 0 Å². The van der Waals surface area contributed by atoms with Gasteiger partial charge in [0.05, 0.1) is 16.2 Å². The fourth-order valence-corrected chi connectivity index (χ4v) is 26.0. The Morgan fingerprint density at radius 2 is 0.543 bits per heavy atom. The van der Waals surface area contributed by atoms with Crippen LogP contribution in [0.4, 0.5) is 34.1 Å². The molecule has 3 aromatic heterocycles. The topological polar surface area (TPSA) is 80.8 Å². The Morgan fingerprint density at radius 1 is 0.188 bits per heavy atom. The van der Waals surface area contributed by atoms with Gasteiger partial charge < -0.3 is 34.3 Å². The summed E-state index contributed by atoms with van der Waals surface area (Å²) in [6, 6.07) is 170. The van der Waals surface area contributed by atoms with Gasteiger partial charge in [-0.05, 0) is 245 Å². The lowest BCUT2D eigenvalue weighted by molar-refractivity contribution is 0.436. The largest absolute Gasteiger partial charge is 0.457 e. The normalized spacial score (nSPS) is 13.6. The maximum absolute atomic E-state index is 6.62. The number of anilines is 6. The molecule has 0 fully saturated rings. The maximum Gasteiger partial charge on any atom is 0.136 e. The summed E-state index contributed by atoms with van der Waals surface area (Å²) in [5.41, 5.74) is 38.5. The average Bonchev–Trinajstić information content (AvgIpc) is 1.51. The number of rotatable bonds is 9. The maximum atomic E-state index is 6.62. The van der Waals surface area contributed by atoms with Crippen molar-refractivity contribution in [3.63, 3.8) is 0 Å².